The number of nitrogens with two attached hydrogens (primary N) is 1. The second kappa shape index (κ2) is 7.94. The van der Waals surface area contributed by atoms with Gasteiger partial charge in [-0.05, 0) is 50.6 Å². The zero-order chi connectivity index (χ0) is 18.6. The zero-order valence-electron chi connectivity index (χ0n) is 15.2. The first kappa shape index (κ1) is 18.7. The molecule has 0 aliphatic carbocycles. The van der Waals surface area contributed by atoms with Crippen LogP contribution in [0.2, 0.25) is 0 Å². The predicted octanol–water partition coefficient (Wildman–Crippen LogP) is 1.44. The van der Waals surface area contributed by atoms with Crippen molar-refractivity contribution in [3.63, 3.8) is 0 Å². The van der Waals surface area contributed by atoms with Crippen molar-refractivity contribution >= 4 is 17.5 Å². The molecule has 0 saturated heterocycles. The molecular weight excluding hydrogens is 314 g/mol. The van der Waals surface area contributed by atoms with E-state index in [2.05, 4.69) is 37.4 Å². The molecule has 0 aromatic heterocycles. The van der Waals surface area contributed by atoms with Gasteiger partial charge in [-0.1, -0.05) is 23.8 Å². The van der Waals surface area contributed by atoms with Crippen LogP contribution in [0.5, 0.6) is 0 Å². The molecule has 0 fully saturated rings. The van der Waals surface area contributed by atoms with Gasteiger partial charge < -0.3 is 16.0 Å². The fourth-order valence-electron chi connectivity index (χ4n) is 2.69. The van der Waals surface area contributed by atoms with E-state index in [1.807, 2.05) is 14.0 Å². The number of quaternary nitrogens is 1. The number of hydrogen-bond acceptors (Lipinski definition) is 2. The third-order valence-electron chi connectivity index (χ3n) is 4.54. The number of carbonyl (C=O) groups excluding carboxylic acids is 2. The molecule has 0 heterocycles. The van der Waals surface area contributed by atoms with E-state index in [9.17, 15) is 9.59 Å². The summed E-state index contributed by atoms with van der Waals surface area (Å²) in [4.78, 5) is 24.7. The van der Waals surface area contributed by atoms with Crippen molar-refractivity contribution in [3.05, 3.63) is 64.7 Å². The summed E-state index contributed by atoms with van der Waals surface area (Å²) in [7, 11) is 2.01. The van der Waals surface area contributed by atoms with Gasteiger partial charge in [0.1, 0.15) is 6.54 Å². The fourth-order valence-corrected chi connectivity index (χ4v) is 2.69. The maximum Gasteiger partial charge on any atom is 0.282 e. The average molecular weight is 340 g/mol. The van der Waals surface area contributed by atoms with Crippen LogP contribution in [0.15, 0.2) is 42.5 Å². The van der Waals surface area contributed by atoms with Crippen LogP contribution in [-0.4, -0.2) is 24.9 Å². The highest BCUT2D eigenvalue weighted by molar-refractivity contribution is 5.95. The Hall–Kier alpha value is -2.66. The topological polar surface area (TPSA) is 76.6 Å². The van der Waals surface area contributed by atoms with Crippen molar-refractivity contribution in [1.82, 2.24) is 0 Å². The van der Waals surface area contributed by atoms with Crippen LogP contribution in [0.4, 0.5) is 5.69 Å². The van der Waals surface area contributed by atoms with Gasteiger partial charge in [0.15, 0.2) is 6.04 Å². The van der Waals surface area contributed by atoms with Gasteiger partial charge in [0.25, 0.3) is 5.91 Å². The number of hydrogen-bond donors (Lipinski definition) is 3. The molecule has 0 aliphatic heterocycles. The number of anilines is 1. The van der Waals surface area contributed by atoms with E-state index in [0.717, 1.165) is 11.4 Å². The highest BCUT2D eigenvalue weighted by Crippen LogP contribution is 2.10. The smallest absolute Gasteiger partial charge is 0.282 e. The third kappa shape index (κ3) is 4.90. The highest BCUT2D eigenvalue weighted by Gasteiger charge is 2.22. The molecule has 5 heteroatoms. The molecule has 132 valence electrons. The Morgan fingerprint density at radius 1 is 1.12 bits per heavy atom. The quantitative estimate of drug-likeness (QED) is 0.744. The van der Waals surface area contributed by atoms with Crippen LogP contribution < -0.4 is 16.0 Å². The SMILES string of the molecule is Cc1ccc(C[NH+](C)[C@@H](C)C(=O)Nc2ccc(C(N)=O)cc2)c(C)c1. The summed E-state index contributed by atoms with van der Waals surface area (Å²) in [6.07, 6.45) is 0. The molecule has 25 heavy (non-hydrogen) atoms. The Bertz CT molecular complexity index is 769. The minimum absolute atomic E-state index is 0.0610. The van der Waals surface area contributed by atoms with Gasteiger partial charge in [0.2, 0.25) is 5.91 Å². The summed E-state index contributed by atoms with van der Waals surface area (Å²) in [6, 6.07) is 12.8. The minimum atomic E-state index is -0.483. The lowest BCUT2D eigenvalue weighted by molar-refractivity contribution is -0.907. The lowest BCUT2D eigenvalue weighted by Gasteiger charge is -2.22. The standard InChI is InChI=1S/C20H25N3O2/c1-13-5-6-17(14(2)11-13)12-23(4)15(3)20(25)22-18-9-7-16(8-10-18)19(21)24/h5-11,15H,12H2,1-4H3,(H2,21,24)(H,22,25)/p+1/t15-/m0/s1. The van der Waals surface area contributed by atoms with Gasteiger partial charge in [0.05, 0.1) is 7.05 Å². The molecule has 2 aromatic carbocycles. The molecule has 0 saturated carbocycles. The lowest BCUT2D eigenvalue weighted by Crippen LogP contribution is -3.12. The van der Waals surface area contributed by atoms with E-state index in [-0.39, 0.29) is 11.9 Å². The molecule has 2 amide bonds. The summed E-state index contributed by atoms with van der Waals surface area (Å²) in [5, 5.41) is 2.89. The summed E-state index contributed by atoms with van der Waals surface area (Å²) in [6.45, 7) is 6.86. The number of primary amides is 1. The molecule has 4 N–H and O–H groups in total. The Morgan fingerprint density at radius 3 is 2.32 bits per heavy atom. The second-order valence-corrected chi connectivity index (χ2v) is 6.61. The summed E-state index contributed by atoms with van der Waals surface area (Å²) >= 11 is 0. The van der Waals surface area contributed by atoms with E-state index < -0.39 is 5.91 Å². The maximum atomic E-state index is 12.5. The number of rotatable bonds is 6. The first-order valence-corrected chi connectivity index (χ1v) is 8.37. The predicted molar refractivity (Wildman–Crippen MR) is 99.6 cm³/mol. The van der Waals surface area contributed by atoms with E-state index in [0.29, 0.717) is 11.3 Å². The highest BCUT2D eigenvalue weighted by atomic mass is 16.2. The fraction of sp³-hybridized carbons (Fsp3) is 0.300. The van der Waals surface area contributed by atoms with E-state index in [1.54, 1.807) is 24.3 Å². The summed E-state index contributed by atoms with van der Waals surface area (Å²) in [5.41, 5.74) is 10.0. The van der Waals surface area contributed by atoms with Crippen molar-refractivity contribution in [3.8, 4) is 0 Å². The number of benzene rings is 2. The minimum Gasteiger partial charge on any atom is -0.366 e. The van der Waals surface area contributed by atoms with Crippen molar-refractivity contribution in [2.75, 3.05) is 12.4 Å². The average Bonchev–Trinajstić information content (AvgIpc) is 2.57. The van der Waals surface area contributed by atoms with Crippen molar-refractivity contribution in [1.29, 1.82) is 0 Å². The zero-order valence-corrected chi connectivity index (χ0v) is 15.2. The van der Waals surface area contributed by atoms with Crippen LogP contribution in [0.1, 0.15) is 34.0 Å². The second-order valence-electron chi connectivity index (χ2n) is 6.61. The Kier molecular flexibility index (Phi) is 5.93. The van der Waals surface area contributed by atoms with Crippen LogP contribution >= 0.6 is 0 Å². The number of aryl methyl sites for hydroxylation is 2. The lowest BCUT2D eigenvalue weighted by atomic mass is 10.0. The third-order valence-corrected chi connectivity index (χ3v) is 4.54. The summed E-state index contributed by atoms with van der Waals surface area (Å²) < 4.78 is 0. The van der Waals surface area contributed by atoms with Gasteiger partial charge in [-0.25, -0.2) is 0 Å². The van der Waals surface area contributed by atoms with Gasteiger partial charge in [-0.15, -0.1) is 0 Å². The molecule has 0 bridgehead atoms. The first-order valence-electron chi connectivity index (χ1n) is 8.37. The van der Waals surface area contributed by atoms with Gasteiger partial charge in [0, 0.05) is 16.8 Å². The molecule has 0 aliphatic rings. The molecule has 2 rings (SSSR count). The molecule has 2 atom stereocenters. The van der Waals surface area contributed by atoms with Crippen LogP contribution in [0.3, 0.4) is 0 Å². The largest absolute Gasteiger partial charge is 0.366 e. The van der Waals surface area contributed by atoms with Crippen molar-refractivity contribution in [2.24, 2.45) is 5.73 Å². The number of nitrogens with one attached hydrogen (secondary N) is 2. The van der Waals surface area contributed by atoms with Gasteiger partial charge in [-0.2, -0.15) is 0 Å². The molecule has 1 unspecified atom stereocenters. The van der Waals surface area contributed by atoms with Crippen LogP contribution in [0.25, 0.3) is 0 Å². The van der Waals surface area contributed by atoms with E-state index in [1.165, 1.54) is 16.7 Å². The molecular formula is C20H26N3O2+. The number of carbonyl (C=O) groups is 2. The number of likely N-dealkylation sites (N-methyl/N-ethyl adjacent to an activating group) is 1. The maximum absolute atomic E-state index is 12.5. The Balaban J connectivity index is 1.99. The normalized spacial score (nSPS) is 13.1. The molecule has 0 spiro atoms. The van der Waals surface area contributed by atoms with E-state index >= 15 is 0 Å². The number of amides is 2. The van der Waals surface area contributed by atoms with Crippen LogP contribution in [-0.2, 0) is 11.3 Å². The molecule has 2 aromatic rings. The van der Waals surface area contributed by atoms with Crippen molar-refractivity contribution in [2.45, 2.75) is 33.4 Å². The molecule has 0 radical (unpaired) electrons. The monoisotopic (exact) mass is 340 g/mol. The van der Waals surface area contributed by atoms with Gasteiger partial charge in [-0.3, -0.25) is 9.59 Å². The first-order chi connectivity index (χ1) is 11.8. The Morgan fingerprint density at radius 2 is 1.76 bits per heavy atom. The van der Waals surface area contributed by atoms with Crippen LogP contribution in [0, 0.1) is 13.8 Å². The Labute approximate surface area is 148 Å². The van der Waals surface area contributed by atoms with Gasteiger partial charge >= 0.3 is 0 Å². The summed E-state index contributed by atoms with van der Waals surface area (Å²) in [5.74, 6) is -0.544. The van der Waals surface area contributed by atoms with Crippen molar-refractivity contribution < 1.29 is 14.5 Å². The van der Waals surface area contributed by atoms with E-state index in [4.69, 9.17) is 5.73 Å². The molecule has 5 nitrogen and oxygen atoms in total.